The number of nitrogens with two attached hydrogens (primary N) is 2. The Morgan fingerprint density at radius 2 is 2.12 bits per heavy atom. The third-order valence-electron chi connectivity index (χ3n) is 1.98. The summed E-state index contributed by atoms with van der Waals surface area (Å²) in [5.74, 6) is -0.622. The molecule has 7 heteroatoms. The molecule has 1 aromatic rings. The number of nitrogens with zero attached hydrogens (tertiary/aromatic N) is 2. The average Bonchev–Trinajstić information content (AvgIpc) is 2.45. The van der Waals surface area contributed by atoms with E-state index in [4.69, 9.17) is 16.2 Å². The van der Waals surface area contributed by atoms with Crippen LogP contribution in [-0.2, 0) is 16.1 Å². The fourth-order valence-corrected chi connectivity index (χ4v) is 1.29. The number of anilines is 1. The quantitative estimate of drug-likeness (QED) is 0.668. The van der Waals surface area contributed by atoms with Gasteiger partial charge in [-0.1, -0.05) is 0 Å². The molecule has 1 rings (SSSR count). The van der Waals surface area contributed by atoms with Crippen molar-refractivity contribution in [3.05, 3.63) is 11.5 Å². The van der Waals surface area contributed by atoms with Gasteiger partial charge in [0.1, 0.15) is 18.2 Å². The van der Waals surface area contributed by atoms with Crippen molar-refractivity contribution in [1.82, 2.24) is 9.55 Å². The van der Waals surface area contributed by atoms with Gasteiger partial charge in [-0.15, -0.1) is 0 Å². The van der Waals surface area contributed by atoms with Gasteiger partial charge in [0, 0.05) is 0 Å². The highest BCUT2D eigenvalue weighted by Crippen LogP contribution is 2.14. The summed E-state index contributed by atoms with van der Waals surface area (Å²) in [6, 6.07) is 0. The van der Waals surface area contributed by atoms with Gasteiger partial charge in [-0.3, -0.25) is 4.79 Å². The van der Waals surface area contributed by atoms with Crippen LogP contribution < -0.4 is 11.5 Å². The number of carbonyl (C=O) groups is 2. The Bertz CT molecular complexity index is 425. The molecule has 0 aliphatic carbocycles. The summed E-state index contributed by atoms with van der Waals surface area (Å²) in [5.41, 5.74) is 10.7. The number of ether oxygens (including phenoxy) is 1. The van der Waals surface area contributed by atoms with Crippen LogP contribution in [0.25, 0.3) is 0 Å². The fraction of sp³-hybridized carbons (Fsp3) is 0.444. The second kappa shape index (κ2) is 4.65. The molecule has 0 radical (unpaired) electrons. The van der Waals surface area contributed by atoms with E-state index >= 15 is 0 Å². The maximum absolute atomic E-state index is 11.4. The number of primary amides is 1. The van der Waals surface area contributed by atoms with Crippen LogP contribution in [0.5, 0.6) is 0 Å². The largest absolute Gasteiger partial charge is 0.461 e. The molecule has 4 N–H and O–H groups in total. The van der Waals surface area contributed by atoms with E-state index in [-0.39, 0.29) is 24.7 Å². The number of aryl methyl sites for hydroxylation is 1. The van der Waals surface area contributed by atoms with Crippen molar-refractivity contribution in [2.24, 2.45) is 5.73 Å². The minimum Gasteiger partial charge on any atom is -0.461 e. The number of nitrogen functional groups attached to an aromatic ring is 1. The number of hydrogen-bond donors (Lipinski definition) is 2. The molecule has 0 atom stereocenters. The van der Waals surface area contributed by atoms with E-state index in [2.05, 4.69) is 4.98 Å². The summed E-state index contributed by atoms with van der Waals surface area (Å²) in [7, 11) is 0. The van der Waals surface area contributed by atoms with Crippen LogP contribution in [0, 0.1) is 6.92 Å². The first-order valence-corrected chi connectivity index (χ1v) is 4.75. The molecule has 0 saturated carbocycles. The zero-order chi connectivity index (χ0) is 12.3. The molecule has 0 aromatic carbocycles. The van der Waals surface area contributed by atoms with E-state index < -0.39 is 11.9 Å². The third-order valence-corrected chi connectivity index (χ3v) is 1.98. The lowest BCUT2D eigenvalue weighted by Crippen LogP contribution is -2.21. The predicted molar refractivity (Wildman–Crippen MR) is 56.5 cm³/mol. The molecule has 0 bridgehead atoms. The van der Waals surface area contributed by atoms with Gasteiger partial charge in [0.25, 0.3) is 0 Å². The molecule has 0 aliphatic heterocycles. The van der Waals surface area contributed by atoms with Crippen LogP contribution >= 0.6 is 0 Å². The highest BCUT2D eigenvalue weighted by molar-refractivity contribution is 5.92. The van der Waals surface area contributed by atoms with Crippen LogP contribution in [0.3, 0.4) is 0 Å². The number of imidazole rings is 1. The van der Waals surface area contributed by atoms with Gasteiger partial charge in [-0.05, 0) is 13.8 Å². The van der Waals surface area contributed by atoms with Crippen LogP contribution in [-0.4, -0.2) is 28.0 Å². The summed E-state index contributed by atoms with van der Waals surface area (Å²) < 4.78 is 6.14. The van der Waals surface area contributed by atoms with E-state index in [1.807, 2.05) is 0 Å². The Kier molecular flexibility index (Phi) is 3.49. The second-order valence-corrected chi connectivity index (χ2v) is 3.17. The van der Waals surface area contributed by atoms with E-state index in [0.29, 0.717) is 5.82 Å². The zero-order valence-electron chi connectivity index (χ0n) is 9.19. The summed E-state index contributed by atoms with van der Waals surface area (Å²) >= 11 is 0. The number of esters is 1. The zero-order valence-corrected chi connectivity index (χ0v) is 9.19. The van der Waals surface area contributed by atoms with Gasteiger partial charge in [-0.2, -0.15) is 0 Å². The lowest BCUT2D eigenvalue weighted by molar-refractivity contribution is -0.118. The highest BCUT2D eigenvalue weighted by Gasteiger charge is 2.20. The maximum Gasteiger partial charge on any atom is 0.360 e. The predicted octanol–water partition coefficient (Wildman–Crippen LogP) is -0.564. The molecule has 1 heterocycles. The Hall–Kier alpha value is -2.05. The average molecular weight is 226 g/mol. The first-order chi connectivity index (χ1) is 7.47. The summed E-state index contributed by atoms with van der Waals surface area (Å²) in [5, 5.41) is 0. The van der Waals surface area contributed by atoms with Crippen molar-refractivity contribution in [1.29, 1.82) is 0 Å². The molecule has 0 fully saturated rings. The summed E-state index contributed by atoms with van der Waals surface area (Å²) in [6.45, 7) is 3.44. The molecule has 0 unspecified atom stereocenters. The fourth-order valence-electron chi connectivity index (χ4n) is 1.29. The van der Waals surface area contributed by atoms with Crippen molar-refractivity contribution in [2.75, 3.05) is 12.3 Å². The molecule has 0 spiro atoms. The Balaban J connectivity index is 3.06. The van der Waals surface area contributed by atoms with Crippen molar-refractivity contribution in [3.8, 4) is 0 Å². The molecule has 88 valence electrons. The molecular formula is C9H14N4O3. The minimum absolute atomic E-state index is 0.0144. The first-order valence-electron chi connectivity index (χ1n) is 4.75. The Morgan fingerprint density at radius 1 is 1.50 bits per heavy atom. The number of rotatable bonds is 4. The van der Waals surface area contributed by atoms with Crippen molar-refractivity contribution in [2.45, 2.75) is 20.4 Å². The van der Waals surface area contributed by atoms with Gasteiger partial charge in [0.05, 0.1) is 6.61 Å². The molecule has 0 aliphatic rings. The van der Waals surface area contributed by atoms with Crippen molar-refractivity contribution in [3.63, 3.8) is 0 Å². The number of aromatic nitrogens is 2. The van der Waals surface area contributed by atoms with Crippen molar-refractivity contribution >= 4 is 17.7 Å². The van der Waals surface area contributed by atoms with E-state index in [1.54, 1.807) is 13.8 Å². The number of amides is 1. The van der Waals surface area contributed by atoms with Gasteiger partial charge >= 0.3 is 5.97 Å². The van der Waals surface area contributed by atoms with Crippen LogP contribution in [0.1, 0.15) is 23.2 Å². The lowest BCUT2D eigenvalue weighted by atomic mass is 10.4. The normalized spacial score (nSPS) is 10.1. The summed E-state index contributed by atoms with van der Waals surface area (Å²) in [6.07, 6.45) is 0. The van der Waals surface area contributed by atoms with Crippen LogP contribution in [0.4, 0.5) is 5.82 Å². The van der Waals surface area contributed by atoms with Crippen LogP contribution in [0.15, 0.2) is 0 Å². The van der Waals surface area contributed by atoms with E-state index in [1.165, 1.54) is 4.57 Å². The summed E-state index contributed by atoms with van der Waals surface area (Å²) in [4.78, 5) is 26.1. The van der Waals surface area contributed by atoms with Gasteiger partial charge in [0.15, 0.2) is 5.69 Å². The SMILES string of the molecule is CCOC(=O)c1nc(C)n(CC(N)=O)c1N. The van der Waals surface area contributed by atoms with Gasteiger partial charge in [-0.25, -0.2) is 9.78 Å². The molecule has 1 aromatic heterocycles. The van der Waals surface area contributed by atoms with Crippen molar-refractivity contribution < 1.29 is 14.3 Å². The molecule has 0 saturated heterocycles. The van der Waals surface area contributed by atoms with Gasteiger partial charge in [0.2, 0.25) is 5.91 Å². The minimum atomic E-state index is -0.605. The van der Waals surface area contributed by atoms with Gasteiger partial charge < -0.3 is 20.8 Å². The Labute approximate surface area is 92.4 Å². The second-order valence-electron chi connectivity index (χ2n) is 3.17. The first kappa shape index (κ1) is 12.0. The van der Waals surface area contributed by atoms with E-state index in [9.17, 15) is 9.59 Å². The Morgan fingerprint density at radius 3 is 2.62 bits per heavy atom. The lowest BCUT2D eigenvalue weighted by Gasteiger charge is -2.04. The van der Waals surface area contributed by atoms with Crippen LogP contribution in [0.2, 0.25) is 0 Å². The smallest absolute Gasteiger partial charge is 0.360 e. The molecule has 16 heavy (non-hydrogen) atoms. The van der Waals surface area contributed by atoms with E-state index in [0.717, 1.165) is 0 Å². The molecule has 1 amide bonds. The number of carbonyl (C=O) groups excluding carboxylic acids is 2. The maximum atomic E-state index is 11.4. The topological polar surface area (TPSA) is 113 Å². The third kappa shape index (κ3) is 2.30. The monoisotopic (exact) mass is 226 g/mol. The number of hydrogen-bond acceptors (Lipinski definition) is 5. The molecular weight excluding hydrogens is 212 g/mol. The standard InChI is InChI=1S/C9H14N4O3/c1-3-16-9(15)7-8(11)13(4-6(10)14)5(2)12-7/h3-4,11H2,1-2H3,(H2,10,14). The highest BCUT2D eigenvalue weighted by atomic mass is 16.5. The molecule has 7 nitrogen and oxygen atoms in total.